The summed E-state index contributed by atoms with van der Waals surface area (Å²) >= 11 is 5.75. The lowest BCUT2D eigenvalue weighted by Crippen LogP contribution is -2.19. The van der Waals surface area contributed by atoms with Crippen molar-refractivity contribution in [2.75, 3.05) is 0 Å². The first-order chi connectivity index (χ1) is 7.90. The number of hydrogen-bond donors (Lipinski definition) is 1. The Morgan fingerprint density at radius 3 is 2.53 bits per heavy atom. The first kappa shape index (κ1) is 13.3. The number of primary amides is 1. The van der Waals surface area contributed by atoms with E-state index in [9.17, 15) is 9.59 Å². The van der Waals surface area contributed by atoms with Crippen LogP contribution in [0.4, 0.5) is 4.79 Å². The predicted molar refractivity (Wildman–Crippen MR) is 62.2 cm³/mol. The Kier molecular flexibility index (Phi) is 4.34. The van der Waals surface area contributed by atoms with E-state index in [1.54, 1.807) is 13.8 Å². The third-order valence-electron chi connectivity index (χ3n) is 1.71. The zero-order valence-corrected chi connectivity index (χ0v) is 10.2. The molecule has 1 aromatic rings. The van der Waals surface area contributed by atoms with Gasteiger partial charge in [0.15, 0.2) is 0 Å². The average Bonchev–Trinajstić information content (AvgIpc) is 2.19. The molecule has 1 rings (SSSR count). The predicted octanol–water partition coefficient (Wildman–Crippen LogP) is 2.36. The van der Waals surface area contributed by atoms with Crippen LogP contribution in [0.3, 0.4) is 0 Å². The van der Waals surface area contributed by atoms with Crippen LogP contribution in [-0.2, 0) is 4.74 Å². The second-order valence-electron chi connectivity index (χ2n) is 3.52. The summed E-state index contributed by atoms with van der Waals surface area (Å²) in [6.45, 7) is 3.41. The first-order valence-corrected chi connectivity index (χ1v) is 5.25. The van der Waals surface area contributed by atoms with Gasteiger partial charge in [0.25, 0.3) is 0 Å². The van der Waals surface area contributed by atoms with E-state index in [1.165, 1.54) is 18.2 Å². The van der Waals surface area contributed by atoms with Crippen molar-refractivity contribution < 1.29 is 19.1 Å². The van der Waals surface area contributed by atoms with Crippen LogP contribution in [0, 0.1) is 0 Å². The normalized spacial score (nSPS) is 10.1. The van der Waals surface area contributed by atoms with Crippen molar-refractivity contribution in [1.82, 2.24) is 0 Å². The molecule has 0 spiro atoms. The summed E-state index contributed by atoms with van der Waals surface area (Å²) < 4.78 is 9.67. The highest BCUT2D eigenvalue weighted by Crippen LogP contribution is 2.24. The van der Waals surface area contributed by atoms with Gasteiger partial charge in [0, 0.05) is 5.02 Å². The molecule has 0 bridgehead atoms. The van der Waals surface area contributed by atoms with Crippen LogP contribution in [0.2, 0.25) is 5.02 Å². The number of rotatable bonds is 3. The van der Waals surface area contributed by atoms with Crippen LogP contribution in [0.1, 0.15) is 24.2 Å². The first-order valence-electron chi connectivity index (χ1n) is 4.88. The highest BCUT2D eigenvalue weighted by molar-refractivity contribution is 6.31. The van der Waals surface area contributed by atoms with Crippen LogP contribution >= 0.6 is 11.6 Å². The molecule has 6 heteroatoms. The fraction of sp³-hybridized carbons (Fsp3) is 0.273. The molecule has 0 heterocycles. The van der Waals surface area contributed by atoms with Gasteiger partial charge >= 0.3 is 12.1 Å². The van der Waals surface area contributed by atoms with Gasteiger partial charge in [0.2, 0.25) is 0 Å². The molecule has 17 heavy (non-hydrogen) atoms. The highest BCUT2D eigenvalue weighted by atomic mass is 35.5. The molecule has 0 aliphatic rings. The Bertz CT molecular complexity index is 445. The van der Waals surface area contributed by atoms with Gasteiger partial charge < -0.3 is 15.2 Å². The molecule has 0 aliphatic heterocycles. The summed E-state index contributed by atoms with van der Waals surface area (Å²) in [5.41, 5.74) is 4.95. The SMILES string of the molecule is CC(C)OC(=O)c1cc(Cl)ccc1OC(N)=O. The van der Waals surface area contributed by atoms with Gasteiger partial charge in [-0.25, -0.2) is 9.59 Å². The fourth-order valence-corrected chi connectivity index (χ4v) is 1.31. The third-order valence-corrected chi connectivity index (χ3v) is 1.95. The van der Waals surface area contributed by atoms with E-state index < -0.39 is 12.1 Å². The van der Waals surface area contributed by atoms with Crippen LogP contribution in [0.15, 0.2) is 18.2 Å². The van der Waals surface area contributed by atoms with Crippen molar-refractivity contribution >= 4 is 23.7 Å². The van der Waals surface area contributed by atoms with Crippen LogP contribution < -0.4 is 10.5 Å². The van der Waals surface area contributed by atoms with Crippen molar-refractivity contribution in [3.8, 4) is 5.75 Å². The lowest BCUT2D eigenvalue weighted by atomic mass is 10.2. The molecule has 0 fully saturated rings. The number of carbonyl (C=O) groups excluding carboxylic acids is 2. The minimum atomic E-state index is -1.01. The van der Waals surface area contributed by atoms with E-state index >= 15 is 0 Å². The molecule has 5 nitrogen and oxygen atoms in total. The van der Waals surface area contributed by atoms with Crippen molar-refractivity contribution in [3.05, 3.63) is 28.8 Å². The molecular weight excluding hydrogens is 246 g/mol. The summed E-state index contributed by atoms with van der Waals surface area (Å²) in [7, 11) is 0. The van der Waals surface area contributed by atoms with Crippen molar-refractivity contribution in [2.24, 2.45) is 5.73 Å². The van der Waals surface area contributed by atoms with E-state index in [0.29, 0.717) is 5.02 Å². The molecule has 0 aliphatic carbocycles. The number of ether oxygens (including phenoxy) is 2. The van der Waals surface area contributed by atoms with E-state index in [1.807, 2.05) is 0 Å². The summed E-state index contributed by atoms with van der Waals surface area (Å²) in [6.07, 6.45) is -1.30. The van der Waals surface area contributed by atoms with Gasteiger partial charge in [-0.2, -0.15) is 0 Å². The molecule has 2 N–H and O–H groups in total. The Hall–Kier alpha value is -1.75. The highest BCUT2D eigenvalue weighted by Gasteiger charge is 2.17. The lowest BCUT2D eigenvalue weighted by molar-refractivity contribution is 0.0375. The number of halogens is 1. The number of esters is 1. The van der Waals surface area contributed by atoms with Crippen LogP contribution in [0.25, 0.3) is 0 Å². The number of nitrogens with two attached hydrogens (primary N) is 1. The number of carbonyl (C=O) groups is 2. The summed E-state index contributed by atoms with van der Waals surface area (Å²) in [4.78, 5) is 22.4. The molecule has 92 valence electrons. The largest absolute Gasteiger partial charge is 0.459 e. The third kappa shape index (κ3) is 3.96. The maximum atomic E-state index is 11.7. The summed E-state index contributed by atoms with van der Waals surface area (Å²) in [5.74, 6) is -0.605. The molecule has 0 unspecified atom stereocenters. The molecule has 0 saturated heterocycles. The topological polar surface area (TPSA) is 78.6 Å². The zero-order chi connectivity index (χ0) is 13.0. The Labute approximate surface area is 103 Å². The number of benzene rings is 1. The fourth-order valence-electron chi connectivity index (χ4n) is 1.14. The Morgan fingerprint density at radius 2 is 2.00 bits per heavy atom. The monoisotopic (exact) mass is 257 g/mol. The van der Waals surface area contributed by atoms with Crippen molar-refractivity contribution in [1.29, 1.82) is 0 Å². The van der Waals surface area contributed by atoms with E-state index in [-0.39, 0.29) is 17.4 Å². The number of hydrogen-bond acceptors (Lipinski definition) is 4. The van der Waals surface area contributed by atoms with Gasteiger partial charge in [-0.3, -0.25) is 0 Å². The summed E-state index contributed by atoms with van der Waals surface area (Å²) in [6, 6.07) is 4.21. The molecule has 0 radical (unpaired) electrons. The Balaban J connectivity index is 3.06. The average molecular weight is 258 g/mol. The maximum Gasteiger partial charge on any atom is 0.409 e. The molecule has 1 amide bonds. The van der Waals surface area contributed by atoms with Gasteiger partial charge in [-0.05, 0) is 32.0 Å². The minimum absolute atomic E-state index is 0.0209. The van der Waals surface area contributed by atoms with E-state index in [4.69, 9.17) is 22.1 Å². The molecule has 0 atom stereocenters. The van der Waals surface area contributed by atoms with Gasteiger partial charge in [-0.15, -0.1) is 0 Å². The quantitative estimate of drug-likeness (QED) is 0.843. The Morgan fingerprint density at radius 1 is 1.35 bits per heavy atom. The molecule has 1 aromatic carbocycles. The van der Waals surface area contributed by atoms with Crippen molar-refractivity contribution in [3.63, 3.8) is 0 Å². The molecule has 0 aromatic heterocycles. The smallest absolute Gasteiger partial charge is 0.409 e. The number of amides is 1. The minimum Gasteiger partial charge on any atom is -0.459 e. The van der Waals surface area contributed by atoms with Crippen molar-refractivity contribution in [2.45, 2.75) is 20.0 Å². The second-order valence-corrected chi connectivity index (χ2v) is 3.95. The maximum absolute atomic E-state index is 11.7. The van der Waals surface area contributed by atoms with Crippen LogP contribution in [-0.4, -0.2) is 18.2 Å². The van der Waals surface area contributed by atoms with Gasteiger partial charge in [-0.1, -0.05) is 11.6 Å². The molecule has 0 saturated carbocycles. The lowest BCUT2D eigenvalue weighted by Gasteiger charge is -2.11. The standard InChI is InChI=1S/C11H12ClNO4/c1-6(2)16-10(14)8-5-7(12)3-4-9(8)17-11(13)15/h3-6H,1-2H3,(H2,13,15). The molecular formula is C11H12ClNO4. The van der Waals surface area contributed by atoms with E-state index in [0.717, 1.165) is 0 Å². The zero-order valence-electron chi connectivity index (χ0n) is 9.40. The second kappa shape index (κ2) is 5.54. The van der Waals surface area contributed by atoms with E-state index in [2.05, 4.69) is 4.74 Å². The summed E-state index contributed by atoms with van der Waals surface area (Å²) in [5, 5.41) is 0.331. The van der Waals surface area contributed by atoms with Crippen LogP contribution in [0.5, 0.6) is 5.75 Å². The van der Waals surface area contributed by atoms with Gasteiger partial charge in [0.05, 0.1) is 6.10 Å². The van der Waals surface area contributed by atoms with Gasteiger partial charge in [0.1, 0.15) is 11.3 Å².